The van der Waals surface area contributed by atoms with Gasteiger partial charge in [0.25, 0.3) is 0 Å². The van der Waals surface area contributed by atoms with Gasteiger partial charge in [0.1, 0.15) is 11.6 Å². The SMILES string of the molecule is CCCCN(CC(F)(F)F)C(=O)C1c2ccccc2-c2ccc(C(=O)c3ccccc3-c3nc4ccccc4s3)c(N3CCCCC3N)c21. The number of aromatic nitrogens is 1. The molecule has 49 heavy (non-hydrogen) atoms. The monoisotopic (exact) mass is 682 g/mol. The molecule has 0 spiro atoms. The number of nitrogens with zero attached hydrogens (tertiary/aromatic N) is 3. The molecule has 2 atom stereocenters. The number of ketones is 1. The van der Waals surface area contributed by atoms with Crippen molar-refractivity contribution in [2.24, 2.45) is 5.73 Å². The Morgan fingerprint density at radius 2 is 1.65 bits per heavy atom. The molecule has 0 radical (unpaired) electrons. The van der Waals surface area contributed by atoms with Gasteiger partial charge in [0, 0.05) is 35.3 Å². The highest BCUT2D eigenvalue weighted by Gasteiger charge is 2.43. The van der Waals surface area contributed by atoms with Gasteiger partial charge in [0.15, 0.2) is 5.78 Å². The number of nitrogens with two attached hydrogens (primary N) is 1. The highest BCUT2D eigenvalue weighted by Crippen LogP contribution is 2.52. The van der Waals surface area contributed by atoms with Crippen molar-refractivity contribution in [3.63, 3.8) is 0 Å². The van der Waals surface area contributed by atoms with E-state index in [2.05, 4.69) is 0 Å². The molecule has 0 saturated carbocycles. The fraction of sp³-hybridized carbons (Fsp3) is 0.308. The van der Waals surface area contributed by atoms with Crippen LogP contribution in [0.1, 0.15) is 72.0 Å². The molecule has 2 N–H and O–H groups in total. The highest BCUT2D eigenvalue weighted by atomic mass is 32.1. The molecular formula is C39H37F3N4O2S. The Hall–Kier alpha value is -4.54. The van der Waals surface area contributed by atoms with Gasteiger partial charge in [0.05, 0.1) is 28.0 Å². The Morgan fingerprint density at radius 3 is 2.41 bits per heavy atom. The fourth-order valence-corrected chi connectivity index (χ4v) is 8.29. The smallest absolute Gasteiger partial charge is 0.355 e. The second-order valence-electron chi connectivity index (χ2n) is 12.8. The van der Waals surface area contributed by atoms with E-state index >= 15 is 0 Å². The lowest BCUT2D eigenvalue weighted by molar-refractivity contribution is -0.161. The molecule has 10 heteroatoms. The molecular weight excluding hydrogens is 646 g/mol. The van der Waals surface area contributed by atoms with E-state index in [-0.39, 0.29) is 12.3 Å². The molecule has 1 amide bonds. The van der Waals surface area contributed by atoms with E-state index in [9.17, 15) is 22.8 Å². The van der Waals surface area contributed by atoms with Crippen LogP contribution >= 0.6 is 11.3 Å². The lowest BCUT2D eigenvalue weighted by atomic mass is 9.87. The predicted molar refractivity (Wildman–Crippen MR) is 189 cm³/mol. The largest absolute Gasteiger partial charge is 0.406 e. The quantitative estimate of drug-likeness (QED) is 0.157. The Labute approximate surface area is 287 Å². The number of rotatable bonds is 9. The Morgan fingerprint density at radius 1 is 0.918 bits per heavy atom. The minimum Gasteiger partial charge on any atom is -0.355 e. The molecule has 7 rings (SSSR count). The summed E-state index contributed by atoms with van der Waals surface area (Å²) in [6.45, 7) is 1.08. The summed E-state index contributed by atoms with van der Waals surface area (Å²) in [5.74, 6) is -1.91. The number of hydrogen-bond acceptors (Lipinski definition) is 6. The lowest BCUT2D eigenvalue weighted by Gasteiger charge is -2.38. The van der Waals surface area contributed by atoms with Gasteiger partial charge in [-0.2, -0.15) is 13.2 Å². The first kappa shape index (κ1) is 33.0. The summed E-state index contributed by atoms with van der Waals surface area (Å²) < 4.78 is 42.8. The van der Waals surface area contributed by atoms with Crippen LogP contribution in [-0.2, 0) is 4.79 Å². The molecule has 6 nitrogen and oxygen atoms in total. The number of unbranched alkanes of at least 4 members (excludes halogenated alkanes) is 1. The molecule has 2 aliphatic rings. The maximum absolute atomic E-state index is 14.9. The number of carbonyl (C=O) groups excluding carboxylic acids is 2. The third-order valence-electron chi connectivity index (χ3n) is 9.56. The number of fused-ring (bicyclic) bond motifs is 4. The van der Waals surface area contributed by atoms with Crippen LogP contribution in [0.2, 0.25) is 0 Å². The number of amides is 1. The summed E-state index contributed by atoms with van der Waals surface area (Å²) in [7, 11) is 0. The summed E-state index contributed by atoms with van der Waals surface area (Å²) in [6.07, 6.45) is -1.50. The average Bonchev–Trinajstić information content (AvgIpc) is 3.68. The Kier molecular flexibility index (Phi) is 9.02. The zero-order valence-corrected chi connectivity index (χ0v) is 28.0. The first-order chi connectivity index (χ1) is 23.7. The van der Waals surface area contributed by atoms with E-state index in [0.717, 1.165) is 39.1 Å². The van der Waals surface area contributed by atoms with Crippen LogP contribution in [0.25, 0.3) is 31.9 Å². The van der Waals surface area contributed by atoms with Crippen LogP contribution in [0.4, 0.5) is 18.9 Å². The summed E-state index contributed by atoms with van der Waals surface area (Å²) in [4.78, 5) is 37.2. The minimum atomic E-state index is -4.56. The van der Waals surface area contributed by atoms with E-state index in [1.54, 1.807) is 18.2 Å². The predicted octanol–water partition coefficient (Wildman–Crippen LogP) is 8.77. The second-order valence-corrected chi connectivity index (χ2v) is 13.8. The molecule has 2 heterocycles. The first-order valence-electron chi connectivity index (χ1n) is 16.8. The van der Waals surface area contributed by atoms with Crippen LogP contribution in [0.3, 0.4) is 0 Å². The van der Waals surface area contributed by atoms with E-state index in [1.807, 2.05) is 78.6 Å². The minimum absolute atomic E-state index is 0.0183. The normalized spacial score (nSPS) is 17.2. The van der Waals surface area contributed by atoms with Gasteiger partial charge in [0.2, 0.25) is 5.91 Å². The second kappa shape index (κ2) is 13.4. The van der Waals surface area contributed by atoms with Gasteiger partial charge < -0.3 is 15.5 Å². The van der Waals surface area contributed by atoms with Crippen LogP contribution < -0.4 is 10.6 Å². The van der Waals surface area contributed by atoms with Gasteiger partial charge >= 0.3 is 6.18 Å². The number of para-hydroxylation sites is 1. The molecule has 1 fully saturated rings. The molecule has 5 aromatic rings. The van der Waals surface area contributed by atoms with Crippen molar-refractivity contribution < 1.29 is 22.8 Å². The van der Waals surface area contributed by atoms with Crippen LogP contribution in [-0.4, -0.2) is 53.6 Å². The number of benzene rings is 4. The summed E-state index contributed by atoms with van der Waals surface area (Å²) in [5.41, 5.74) is 12.4. The molecule has 4 aromatic carbocycles. The number of thiazole rings is 1. The van der Waals surface area contributed by atoms with Crippen molar-refractivity contribution in [2.75, 3.05) is 24.5 Å². The van der Waals surface area contributed by atoms with Crippen LogP contribution in [0.5, 0.6) is 0 Å². The van der Waals surface area contributed by atoms with Crippen molar-refractivity contribution in [1.82, 2.24) is 9.88 Å². The third kappa shape index (κ3) is 6.24. The number of piperidine rings is 1. The molecule has 1 aromatic heterocycles. The number of hydrogen-bond donors (Lipinski definition) is 1. The summed E-state index contributed by atoms with van der Waals surface area (Å²) >= 11 is 1.50. The molecule has 0 bridgehead atoms. The van der Waals surface area contributed by atoms with Crippen molar-refractivity contribution in [2.45, 2.75) is 57.3 Å². The molecule has 1 saturated heterocycles. The standard InChI is InChI=1S/C39H37F3N4O2S/c1-2-3-21-45(23-39(40,41)42)38(48)34-25-13-5-4-12-24(25)26-19-20-29(35(33(26)34)46-22-11-10-18-32(46)43)36(47)27-14-6-7-15-28(27)37-44-30-16-8-9-17-31(30)49-37/h4-9,12-17,19-20,32,34H,2-3,10-11,18,21-23,43H2,1H3. The topological polar surface area (TPSA) is 79.5 Å². The van der Waals surface area contributed by atoms with E-state index in [1.165, 1.54) is 11.3 Å². The number of carbonyl (C=O) groups is 2. The zero-order valence-electron chi connectivity index (χ0n) is 27.2. The van der Waals surface area contributed by atoms with E-state index < -0.39 is 30.7 Å². The zero-order chi connectivity index (χ0) is 34.3. The van der Waals surface area contributed by atoms with Crippen LogP contribution in [0.15, 0.2) is 84.9 Å². The number of alkyl halides is 3. The van der Waals surface area contributed by atoms with Crippen molar-refractivity contribution in [1.29, 1.82) is 0 Å². The Balaban J connectivity index is 1.43. The molecule has 2 unspecified atom stereocenters. The van der Waals surface area contributed by atoms with Crippen molar-refractivity contribution in [3.05, 3.63) is 107 Å². The van der Waals surface area contributed by atoms with Gasteiger partial charge in [-0.05, 0) is 60.6 Å². The molecule has 252 valence electrons. The van der Waals surface area contributed by atoms with Gasteiger partial charge in [-0.3, -0.25) is 9.59 Å². The Bertz CT molecular complexity index is 2010. The molecule has 1 aliphatic heterocycles. The molecule has 1 aliphatic carbocycles. The fourth-order valence-electron chi connectivity index (χ4n) is 7.28. The number of halogens is 3. The van der Waals surface area contributed by atoms with E-state index in [0.29, 0.717) is 64.3 Å². The highest BCUT2D eigenvalue weighted by molar-refractivity contribution is 7.21. The lowest BCUT2D eigenvalue weighted by Crippen LogP contribution is -2.47. The van der Waals surface area contributed by atoms with Crippen molar-refractivity contribution in [3.8, 4) is 21.7 Å². The van der Waals surface area contributed by atoms with E-state index in [4.69, 9.17) is 10.7 Å². The van der Waals surface area contributed by atoms with Crippen molar-refractivity contribution >= 4 is 38.9 Å². The van der Waals surface area contributed by atoms with Gasteiger partial charge in [-0.1, -0.05) is 80.1 Å². The third-order valence-corrected chi connectivity index (χ3v) is 10.6. The first-order valence-corrected chi connectivity index (χ1v) is 17.6. The average molecular weight is 683 g/mol. The summed E-state index contributed by atoms with van der Waals surface area (Å²) in [5, 5.41) is 0.710. The number of anilines is 1. The van der Waals surface area contributed by atoms with Crippen LogP contribution in [0, 0.1) is 0 Å². The maximum Gasteiger partial charge on any atom is 0.406 e. The van der Waals surface area contributed by atoms with Gasteiger partial charge in [-0.15, -0.1) is 11.3 Å². The summed E-state index contributed by atoms with van der Waals surface area (Å²) in [6, 6.07) is 26.2. The van der Waals surface area contributed by atoms with Gasteiger partial charge in [-0.25, -0.2) is 4.98 Å². The maximum atomic E-state index is 14.9.